The maximum Gasteiger partial charge on any atom is 0.318 e. The summed E-state index contributed by atoms with van der Waals surface area (Å²) >= 11 is 1.39. The van der Waals surface area contributed by atoms with Crippen LogP contribution in [0, 0.1) is 13.8 Å². The Bertz CT molecular complexity index is 637. The number of rotatable bonds is 5. The molecule has 0 spiro atoms. The van der Waals surface area contributed by atoms with Crippen LogP contribution in [0.4, 0.5) is 0 Å². The van der Waals surface area contributed by atoms with E-state index < -0.39 is 5.97 Å². The van der Waals surface area contributed by atoms with Crippen LogP contribution in [0.3, 0.4) is 0 Å². The number of carboxylic acid groups (broad SMARTS) is 1. The largest absolute Gasteiger partial charge is 0.480 e. The van der Waals surface area contributed by atoms with Gasteiger partial charge in [0.05, 0.1) is 0 Å². The molecule has 2 aliphatic rings. The van der Waals surface area contributed by atoms with E-state index in [4.69, 9.17) is 5.11 Å². The van der Waals surface area contributed by atoms with Crippen molar-refractivity contribution >= 4 is 17.9 Å². The molecule has 112 valence electrons. The van der Waals surface area contributed by atoms with Gasteiger partial charge in [-0.2, -0.15) is 0 Å². The van der Waals surface area contributed by atoms with E-state index in [0.29, 0.717) is 5.92 Å². The number of carboxylic acids is 1. The van der Waals surface area contributed by atoms with Crippen molar-refractivity contribution in [2.45, 2.75) is 38.5 Å². The number of aliphatic carboxylic acids is 1. The first-order valence-electron chi connectivity index (χ1n) is 7.05. The van der Waals surface area contributed by atoms with Crippen molar-refractivity contribution in [1.82, 2.24) is 4.72 Å². The molecule has 0 unspecified atom stereocenters. The monoisotopic (exact) mass is 303 g/mol. The Morgan fingerprint density at radius 3 is 2.57 bits per heavy atom. The number of nitrogens with one attached hydrogen (secondary N) is 1. The quantitative estimate of drug-likeness (QED) is 0.812. The summed E-state index contributed by atoms with van der Waals surface area (Å²) in [4.78, 5) is 11.7. The normalized spacial score (nSPS) is 11.3. The van der Waals surface area contributed by atoms with E-state index in [0.717, 1.165) is 4.90 Å². The lowest BCUT2D eigenvalue weighted by molar-refractivity contribution is -0.135. The van der Waals surface area contributed by atoms with Gasteiger partial charge in [0.2, 0.25) is 0 Å². The van der Waals surface area contributed by atoms with Crippen LogP contribution >= 0.6 is 11.9 Å². The molecule has 0 bridgehead atoms. The van der Waals surface area contributed by atoms with E-state index in [1.165, 1.54) is 39.8 Å². The smallest absolute Gasteiger partial charge is 0.318 e. The molecule has 2 rings (SSSR count). The molecule has 0 saturated carbocycles. The first-order valence-corrected chi connectivity index (χ1v) is 7.87. The fourth-order valence-electron chi connectivity index (χ4n) is 2.40. The minimum Gasteiger partial charge on any atom is -0.480 e. The van der Waals surface area contributed by atoms with Gasteiger partial charge in [-0.15, -0.1) is 0 Å². The Kier molecular flexibility index (Phi) is 4.91. The van der Waals surface area contributed by atoms with Crippen LogP contribution in [0.5, 0.6) is 0 Å². The molecule has 0 aromatic heterocycles. The van der Waals surface area contributed by atoms with Crippen molar-refractivity contribution in [2.75, 3.05) is 6.54 Å². The fourth-order valence-corrected chi connectivity index (χ4v) is 3.36. The topological polar surface area (TPSA) is 49.3 Å². The molecular formula is C17H21NO2S. The zero-order chi connectivity index (χ0) is 15.6. The Morgan fingerprint density at radius 2 is 1.95 bits per heavy atom. The summed E-state index contributed by atoms with van der Waals surface area (Å²) < 4.78 is 2.90. The van der Waals surface area contributed by atoms with Gasteiger partial charge in [-0.1, -0.05) is 32.0 Å². The summed E-state index contributed by atoms with van der Waals surface area (Å²) in [6, 6.07) is 8.71. The number of aryl methyl sites for hydroxylation is 2. The van der Waals surface area contributed by atoms with E-state index in [2.05, 4.69) is 56.7 Å². The van der Waals surface area contributed by atoms with Crippen LogP contribution in [0.15, 0.2) is 29.2 Å². The van der Waals surface area contributed by atoms with Crippen molar-refractivity contribution in [3.05, 3.63) is 41.0 Å². The summed E-state index contributed by atoms with van der Waals surface area (Å²) in [7, 11) is 0. The molecule has 0 atom stereocenters. The van der Waals surface area contributed by atoms with Gasteiger partial charge < -0.3 is 5.11 Å². The van der Waals surface area contributed by atoms with Crippen molar-refractivity contribution < 1.29 is 9.90 Å². The van der Waals surface area contributed by atoms with Gasteiger partial charge in [0, 0.05) is 4.90 Å². The van der Waals surface area contributed by atoms with E-state index in [9.17, 15) is 4.79 Å². The molecule has 21 heavy (non-hydrogen) atoms. The average molecular weight is 303 g/mol. The van der Waals surface area contributed by atoms with Gasteiger partial charge in [0.25, 0.3) is 0 Å². The van der Waals surface area contributed by atoms with Gasteiger partial charge in [-0.25, -0.2) is 4.72 Å². The number of hydrogen-bond acceptors (Lipinski definition) is 3. The van der Waals surface area contributed by atoms with Crippen LogP contribution in [0.25, 0.3) is 11.1 Å². The summed E-state index contributed by atoms with van der Waals surface area (Å²) in [6.45, 7) is 8.55. The zero-order valence-electron chi connectivity index (χ0n) is 12.9. The van der Waals surface area contributed by atoms with Crippen LogP contribution in [-0.4, -0.2) is 17.6 Å². The van der Waals surface area contributed by atoms with Gasteiger partial charge in [0.15, 0.2) is 0 Å². The van der Waals surface area contributed by atoms with Crippen LogP contribution in [-0.2, 0) is 4.79 Å². The molecule has 0 aromatic carbocycles. The highest BCUT2D eigenvalue weighted by Gasteiger charge is 2.17. The first kappa shape index (κ1) is 15.9. The van der Waals surface area contributed by atoms with Gasteiger partial charge in [-0.05, 0) is 65.6 Å². The molecule has 3 nitrogen and oxygen atoms in total. The Hall–Kier alpha value is -1.52. The molecule has 0 fully saturated rings. The van der Waals surface area contributed by atoms with E-state index in [1.807, 2.05) is 0 Å². The number of hydrogen-bond donors (Lipinski definition) is 2. The molecule has 0 aromatic rings. The lowest BCUT2D eigenvalue weighted by Crippen LogP contribution is -2.15. The van der Waals surface area contributed by atoms with Crippen LogP contribution in [0.1, 0.15) is 36.5 Å². The average Bonchev–Trinajstić information content (AvgIpc) is 2.58. The third-order valence-corrected chi connectivity index (χ3v) is 4.42. The Morgan fingerprint density at radius 1 is 1.24 bits per heavy atom. The molecule has 0 aliphatic heterocycles. The predicted octanol–water partition coefficient (Wildman–Crippen LogP) is 4.21. The Labute approximate surface area is 130 Å². The molecule has 0 heterocycles. The first-order chi connectivity index (χ1) is 9.90. The van der Waals surface area contributed by atoms with E-state index in [1.54, 1.807) is 0 Å². The molecule has 0 amide bonds. The molecule has 0 saturated heterocycles. The third kappa shape index (κ3) is 3.57. The summed E-state index contributed by atoms with van der Waals surface area (Å²) in [6.07, 6.45) is 0. The second-order valence-electron chi connectivity index (χ2n) is 5.61. The summed E-state index contributed by atoms with van der Waals surface area (Å²) in [5, 5.41) is 8.73. The third-order valence-electron chi connectivity index (χ3n) is 3.59. The molecule has 2 aliphatic carbocycles. The van der Waals surface area contributed by atoms with Crippen LogP contribution < -0.4 is 4.72 Å². The highest BCUT2D eigenvalue weighted by atomic mass is 32.2. The number of carbonyl (C=O) groups is 1. The lowest BCUT2D eigenvalue weighted by Gasteiger charge is -2.06. The molecule has 0 radical (unpaired) electrons. The van der Waals surface area contributed by atoms with Crippen molar-refractivity contribution in [2.24, 2.45) is 0 Å². The summed E-state index contributed by atoms with van der Waals surface area (Å²) in [5.74, 6) is -0.366. The fraction of sp³-hybridized carbons (Fsp3) is 0.353. The Balaban J connectivity index is 2.42. The minimum atomic E-state index is -0.848. The lowest BCUT2D eigenvalue weighted by atomic mass is 10.0. The van der Waals surface area contributed by atoms with Gasteiger partial charge in [0.1, 0.15) is 6.54 Å². The van der Waals surface area contributed by atoms with E-state index >= 15 is 0 Å². The second kappa shape index (κ2) is 6.50. The molecule has 4 heteroatoms. The van der Waals surface area contributed by atoms with Crippen molar-refractivity contribution in [3.8, 4) is 11.1 Å². The maximum atomic E-state index is 10.6. The summed E-state index contributed by atoms with van der Waals surface area (Å²) in [5.41, 5.74) is 6.22. The van der Waals surface area contributed by atoms with Crippen LogP contribution in [0.2, 0.25) is 0 Å². The molecular weight excluding hydrogens is 282 g/mol. The van der Waals surface area contributed by atoms with Gasteiger partial charge in [-0.3, -0.25) is 4.79 Å². The SMILES string of the molecule is Cc1cc(SNCC(=O)O)c2c(C)ccc(C(C)C)cc1-2. The van der Waals surface area contributed by atoms with Crippen molar-refractivity contribution in [1.29, 1.82) is 0 Å². The maximum absolute atomic E-state index is 10.6. The standard InChI is InChI=1S/C17H21NO2S/c1-10(2)13-6-5-11(3)17-14(8-13)12(4)7-15(17)21-18-9-16(19)20/h5-8,10,18H,9H2,1-4H3,(H,19,20). The highest BCUT2D eigenvalue weighted by Crippen LogP contribution is 2.40. The minimum absolute atomic E-state index is 0.0500. The van der Waals surface area contributed by atoms with Crippen molar-refractivity contribution in [3.63, 3.8) is 0 Å². The molecule has 2 N–H and O–H groups in total. The second-order valence-corrected chi connectivity index (χ2v) is 6.55. The van der Waals surface area contributed by atoms with E-state index in [-0.39, 0.29) is 6.54 Å². The zero-order valence-corrected chi connectivity index (χ0v) is 13.7. The number of fused-ring (bicyclic) bond motifs is 1. The van der Waals surface area contributed by atoms with Gasteiger partial charge >= 0.3 is 5.97 Å². The predicted molar refractivity (Wildman–Crippen MR) is 88.1 cm³/mol. The highest BCUT2D eigenvalue weighted by molar-refractivity contribution is 7.97.